The van der Waals surface area contributed by atoms with E-state index in [0.29, 0.717) is 5.92 Å². The Balaban J connectivity index is 1.60. The van der Waals surface area contributed by atoms with E-state index >= 15 is 0 Å². The molecule has 0 heterocycles. The molecule has 4 aromatic rings. The Morgan fingerprint density at radius 1 is 0.667 bits per heavy atom. The molecule has 0 heteroatoms. The van der Waals surface area contributed by atoms with Gasteiger partial charge in [0.15, 0.2) is 0 Å². The summed E-state index contributed by atoms with van der Waals surface area (Å²) in [5, 5.41) is 0. The number of allylic oxidation sites excluding steroid dienone is 8. The molecular formula is C39H32. The van der Waals surface area contributed by atoms with Crippen molar-refractivity contribution in [3.8, 4) is 11.1 Å². The van der Waals surface area contributed by atoms with Crippen molar-refractivity contribution in [2.24, 2.45) is 5.92 Å². The maximum Gasteiger partial charge on any atom is 0.0720 e. The minimum atomic E-state index is -0.346. The molecule has 39 heavy (non-hydrogen) atoms. The normalized spacial score (nSPS) is 25.8. The minimum Gasteiger partial charge on any atom is -0.0842 e. The van der Waals surface area contributed by atoms with Crippen molar-refractivity contribution in [3.63, 3.8) is 0 Å². The molecule has 0 saturated carbocycles. The first-order valence-corrected chi connectivity index (χ1v) is 14.4. The first-order chi connectivity index (χ1) is 19.3. The second kappa shape index (κ2) is 8.42. The third kappa shape index (κ3) is 2.84. The highest BCUT2D eigenvalue weighted by atomic mass is 14.6. The molecule has 0 bridgehead atoms. The standard InChI is InChI=1S/C39H32/c1-27-23-25-30(26-24-27)38(28-13-4-2-5-14-28)34-20-10-11-21-35(34)39(29-15-6-3-7-16-29)33-19-9-8-17-31(33)32-18-12-22-36(38)37(32)39/h2-4,6-13,15-23,25-27H,5,14,24H2,1H3. The van der Waals surface area contributed by atoms with Crippen LogP contribution in [0, 0.1) is 5.92 Å². The summed E-state index contributed by atoms with van der Waals surface area (Å²) in [4.78, 5) is 0. The van der Waals surface area contributed by atoms with E-state index in [4.69, 9.17) is 0 Å². The zero-order valence-corrected chi connectivity index (χ0v) is 22.4. The molecule has 0 spiro atoms. The van der Waals surface area contributed by atoms with Crippen LogP contribution in [0.5, 0.6) is 0 Å². The van der Waals surface area contributed by atoms with Gasteiger partial charge in [0, 0.05) is 0 Å². The predicted molar refractivity (Wildman–Crippen MR) is 162 cm³/mol. The SMILES string of the molecule is CC1C=CC(C2(C3=CC=CCC3)c3ccccc3C3(c4ccccc4)c4ccccc4-c4cccc2c43)=CC1. The molecule has 4 aliphatic carbocycles. The van der Waals surface area contributed by atoms with Crippen LogP contribution in [0.2, 0.25) is 0 Å². The van der Waals surface area contributed by atoms with Gasteiger partial charge in [-0.15, -0.1) is 0 Å². The van der Waals surface area contributed by atoms with Crippen molar-refractivity contribution in [1.82, 2.24) is 0 Å². The molecule has 0 saturated heterocycles. The average Bonchev–Trinajstić information content (AvgIpc) is 3.32. The van der Waals surface area contributed by atoms with E-state index in [1.807, 2.05) is 0 Å². The molecule has 0 amide bonds. The van der Waals surface area contributed by atoms with Crippen LogP contribution in [-0.2, 0) is 10.8 Å². The Bertz CT molecular complexity index is 1740. The van der Waals surface area contributed by atoms with Crippen molar-refractivity contribution in [1.29, 1.82) is 0 Å². The molecular weight excluding hydrogens is 468 g/mol. The van der Waals surface area contributed by atoms with Gasteiger partial charge in [0.1, 0.15) is 0 Å². The van der Waals surface area contributed by atoms with Crippen LogP contribution in [0.25, 0.3) is 11.1 Å². The molecule has 8 rings (SSSR count). The van der Waals surface area contributed by atoms with Crippen molar-refractivity contribution >= 4 is 0 Å². The first kappa shape index (κ1) is 22.8. The largest absolute Gasteiger partial charge is 0.0842 e. The molecule has 0 aliphatic heterocycles. The van der Waals surface area contributed by atoms with E-state index in [2.05, 4.69) is 140 Å². The number of benzene rings is 4. The van der Waals surface area contributed by atoms with Gasteiger partial charge in [-0.25, -0.2) is 0 Å². The third-order valence-electron chi connectivity index (χ3n) is 9.65. The number of fused-ring (bicyclic) bond motifs is 5. The van der Waals surface area contributed by atoms with Crippen molar-refractivity contribution < 1.29 is 0 Å². The second-order valence-electron chi connectivity index (χ2n) is 11.6. The fourth-order valence-corrected chi connectivity index (χ4v) is 8.14. The van der Waals surface area contributed by atoms with Crippen LogP contribution in [-0.4, -0.2) is 0 Å². The van der Waals surface area contributed by atoms with Crippen LogP contribution in [0.15, 0.2) is 145 Å². The van der Waals surface area contributed by atoms with E-state index in [1.165, 1.54) is 55.7 Å². The van der Waals surface area contributed by atoms with E-state index < -0.39 is 0 Å². The summed E-state index contributed by atoms with van der Waals surface area (Å²) >= 11 is 0. The summed E-state index contributed by atoms with van der Waals surface area (Å²) in [6, 6.07) is 36.9. The molecule has 4 aliphatic rings. The Hall–Kier alpha value is -4.16. The van der Waals surface area contributed by atoms with Crippen LogP contribution in [0.1, 0.15) is 59.6 Å². The highest BCUT2D eigenvalue weighted by Crippen LogP contribution is 2.66. The number of rotatable bonds is 3. The van der Waals surface area contributed by atoms with Crippen LogP contribution in [0.4, 0.5) is 0 Å². The zero-order valence-electron chi connectivity index (χ0n) is 22.4. The van der Waals surface area contributed by atoms with E-state index in [1.54, 1.807) is 0 Å². The lowest BCUT2D eigenvalue weighted by Crippen LogP contribution is -2.45. The fourth-order valence-electron chi connectivity index (χ4n) is 8.14. The predicted octanol–water partition coefficient (Wildman–Crippen LogP) is 9.45. The number of hydrogen-bond donors (Lipinski definition) is 0. The lowest BCUT2D eigenvalue weighted by Gasteiger charge is -2.51. The van der Waals surface area contributed by atoms with Gasteiger partial charge < -0.3 is 0 Å². The molecule has 4 aromatic carbocycles. The minimum absolute atomic E-state index is 0.316. The van der Waals surface area contributed by atoms with Crippen LogP contribution in [0.3, 0.4) is 0 Å². The molecule has 188 valence electrons. The van der Waals surface area contributed by atoms with Crippen LogP contribution >= 0.6 is 0 Å². The van der Waals surface area contributed by atoms with Crippen molar-refractivity contribution in [2.75, 3.05) is 0 Å². The van der Waals surface area contributed by atoms with Gasteiger partial charge in [-0.05, 0) is 75.3 Å². The Morgan fingerprint density at radius 2 is 1.36 bits per heavy atom. The Labute approximate surface area is 231 Å². The van der Waals surface area contributed by atoms with Crippen LogP contribution < -0.4 is 0 Å². The maximum atomic E-state index is 2.54. The summed E-state index contributed by atoms with van der Waals surface area (Å²) in [7, 11) is 0. The van der Waals surface area contributed by atoms with Gasteiger partial charge in [0.05, 0.1) is 10.8 Å². The molecule has 3 unspecified atom stereocenters. The van der Waals surface area contributed by atoms with Crippen molar-refractivity contribution in [3.05, 3.63) is 178 Å². The molecule has 0 fully saturated rings. The number of hydrogen-bond acceptors (Lipinski definition) is 0. The fraction of sp³-hybridized carbons (Fsp3) is 0.179. The maximum absolute atomic E-state index is 2.54. The lowest BCUT2D eigenvalue weighted by molar-refractivity contribution is 0.587. The van der Waals surface area contributed by atoms with Gasteiger partial charge in [-0.3, -0.25) is 0 Å². The topological polar surface area (TPSA) is 0 Å². The summed E-state index contributed by atoms with van der Waals surface area (Å²) in [6.07, 6.45) is 17.7. The highest BCUT2D eigenvalue weighted by Gasteiger charge is 2.58. The van der Waals surface area contributed by atoms with Gasteiger partial charge >= 0.3 is 0 Å². The quantitative estimate of drug-likeness (QED) is 0.231. The average molecular weight is 501 g/mol. The van der Waals surface area contributed by atoms with E-state index in [0.717, 1.165) is 19.3 Å². The lowest BCUT2D eigenvalue weighted by atomic mass is 9.50. The Morgan fingerprint density at radius 3 is 2.10 bits per heavy atom. The molecule has 0 radical (unpaired) electrons. The second-order valence-corrected chi connectivity index (χ2v) is 11.6. The Kier molecular flexibility index (Phi) is 4.92. The molecule has 0 N–H and O–H groups in total. The van der Waals surface area contributed by atoms with Crippen molar-refractivity contribution in [2.45, 2.75) is 37.0 Å². The third-order valence-corrected chi connectivity index (χ3v) is 9.65. The molecule has 0 aromatic heterocycles. The summed E-state index contributed by atoms with van der Waals surface area (Å²) in [5.41, 5.74) is 13.6. The first-order valence-electron chi connectivity index (χ1n) is 14.4. The molecule has 0 nitrogen and oxygen atoms in total. The summed E-state index contributed by atoms with van der Waals surface area (Å²) in [5.74, 6) is 0.569. The smallest absolute Gasteiger partial charge is 0.0720 e. The van der Waals surface area contributed by atoms with E-state index in [9.17, 15) is 0 Å². The molecule has 3 atom stereocenters. The highest BCUT2D eigenvalue weighted by molar-refractivity contribution is 5.91. The summed E-state index contributed by atoms with van der Waals surface area (Å²) in [6.45, 7) is 2.32. The zero-order chi connectivity index (χ0) is 26.0. The van der Waals surface area contributed by atoms with Gasteiger partial charge in [0.2, 0.25) is 0 Å². The summed E-state index contributed by atoms with van der Waals surface area (Å²) < 4.78 is 0. The van der Waals surface area contributed by atoms with Gasteiger partial charge in [-0.2, -0.15) is 0 Å². The van der Waals surface area contributed by atoms with Gasteiger partial charge in [-0.1, -0.05) is 146 Å². The van der Waals surface area contributed by atoms with E-state index in [-0.39, 0.29) is 10.8 Å². The monoisotopic (exact) mass is 500 g/mol. The van der Waals surface area contributed by atoms with Gasteiger partial charge in [0.25, 0.3) is 0 Å².